The molecule has 0 spiro atoms. The van der Waals surface area contributed by atoms with Gasteiger partial charge in [-0.3, -0.25) is 9.59 Å². The molecule has 1 amide bonds. The van der Waals surface area contributed by atoms with Gasteiger partial charge >= 0.3 is 19.1 Å². The number of hydrogen-bond acceptors (Lipinski definition) is 9. The van der Waals surface area contributed by atoms with Gasteiger partial charge < -0.3 is 34.3 Å². The number of carbonyl (C=O) groups excluding carboxylic acids is 3. The van der Waals surface area contributed by atoms with Crippen LogP contribution in [0.15, 0.2) is 12.1 Å². The zero-order valence-corrected chi connectivity index (χ0v) is 34.3. The third kappa shape index (κ3) is 18.2. The SMILES string of the molecule is C.C.C1CCOC1.CCOC(=O)C1CCC(F)(F)CC1.Cc1c(C(=O)N[C@H](C(=O)OCC2CCC(F)(F)CC2)C(C)C)ccc2c1B(O)OC2.OCC1CCC(F)(F)CC1. The summed E-state index contributed by atoms with van der Waals surface area (Å²) in [6.45, 7) is 9.79. The van der Waals surface area contributed by atoms with Crippen LogP contribution in [-0.2, 0) is 35.1 Å². The first-order valence-electron chi connectivity index (χ1n) is 20.7. The molecule has 4 fully saturated rings. The summed E-state index contributed by atoms with van der Waals surface area (Å²) in [6.07, 6.45) is 3.82. The maximum absolute atomic E-state index is 13.3. The first-order valence-corrected chi connectivity index (χ1v) is 20.7. The number of nitrogens with one attached hydrogen (secondary N) is 1. The van der Waals surface area contributed by atoms with Crippen molar-refractivity contribution in [3.63, 3.8) is 0 Å². The number of aliphatic hydroxyl groups is 1. The monoisotopic (exact) mass is 870 g/mol. The minimum absolute atomic E-state index is 0. The van der Waals surface area contributed by atoms with Crippen LogP contribution in [-0.4, -0.2) is 91.9 Å². The molecule has 0 radical (unpaired) electrons. The van der Waals surface area contributed by atoms with E-state index in [4.69, 9.17) is 24.0 Å². The normalized spacial score (nSPS) is 21.1. The van der Waals surface area contributed by atoms with Gasteiger partial charge in [0.25, 0.3) is 5.91 Å². The fourth-order valence-corrected chi connectivity index (χ4v) is 7.35. The van der Waals surface area contributed by atoms with Gasteiger partial charge in [-0.1, -0.05) is 34.8 Å². The van der Waals surface area contributed by atoms with Crippen molar-refractivity contribution in [2.24, 2.45) is 23.7 Å². The van der Waals surface area contributed by atoms with Crippen LogP contribution in [0.4, 0.5) is 26.3 Å². The summed E-state index contributed by atoms with van der Waals surface area (Å²) in [5.74, 6) is -9.47. The van der Waals surface area contributed by atoms with Gasteiger partial charge in [0.15, 0.2) is 0 Å². The summed E-state index contributed by atoms with van der Waals surface area (Å²) in [4.78, 5) is 36.6. The summed E-state index contributed by atoms with van der Waals surface area (Å²) < 4.78 is 97.1. The Hall–Kier alpha value is -2.89. The zero-order chi connectivity index (χ0) is 43.1. The van der Waals surface area contributed by atoms with E-state index in [0.29, 0.717) is 48.9 Å². The van der Waals surface area contributed by atoms with Crippen molar-refractivity contribution in [3.8, 4) is 0 Å². The molecule has 3 N–H and O–H groups in total. The highest BCUT2D eigenvalue weighted by molar-refractivity contribution is 6.62. The van der Waals surface area contributed by atoms with Crippen molar-refractivity contribution < 1.29 is 69.7 Å². The molecule has 1 saturated heterocycles. The third-order valence-corrected chi connectivity index (χ3v) is 11.3. The van der Waals surface area contributed by atoms with Crippen LogP contribution in [0.2, 0.25) is 0 Å². The second kappa shape index (κ2) is 25.9. The molecule has 2 heterocycles. The predicted molar refractivity (Wildman–Crippen MR) is 219 cm³/mol. The highest BCUT2D eigenvalue weighted by Crippen LogP contribution is 2.38. The maximum Gasteiger partial charge on any atom is 0.492 e. The number of carbonyl (C=O) groups is 3. The Balaban J connectivity index is 0.000000490. The lowest BCUT2D eigenvalue weighted by Gasteiger charge is -2.28. The molecule has 3 saturated carbocycles. The number of amides is 1. The number of hydrogen-bond donors (Lipinski definition) is 3. The van der Waals surface area contributed by atoms with Crippen LogP contribution in [0.1, 0.15) is 147 Å². The van der Waals surface area contributed by atoms with Crippen molar-refractivity contribution in [1.82, 2.24) is 5.32 Å². The second-order valence-electron chi connectivity index (χ2n) is 16.3. The van der Waals surface area contributed by atoms with E-state index in [9.17, 15) is 45.8 Å². The Kier molecular flexibility index (Phi) is 23.8. The van der Waals surface area contributed by atoms with E-state index in [0.717, 1.165) is 18.8 Å². The molecule has 0 bridgehead atoms. The lowest BCUT2D eigenvalue weighted by atomic mass is 9.75. The number of ether oxygens (including phenoxy) is 3. The van der Waals surface area contributed by atoms with Crippen molar-refractivity contribution in [2.45, 2.75) is 163 Å². The van der Waals surface area contributed by atoms with Crippen molar-refractivity contribution in [1.29, 1.82) is 0 Å². The van der Waals surface area contributed by atoms with Crippen molar-refractivity contribution in [3.05, 3.63) is 28.8 Å². The molecule has 1 atom stereocenters. The molecular weight excluding hydrogens is 799 g/mol. The van der Waals surface area contributed by atoms with E-state index >= 15 is 0 Å². The Morgan fingerprint density at radius 3 is 1.78 bits per heavy atom. The fraction of sp³-hybridized carbons (Fsp3) is 0.791. The van der Waals surface area contributed by atoms with E-state index in [-0.39, 0.29) is 116 Å². The largest absolute Gasteiger partial charge is 0.492 e. The number of aliphatic hydroxyl groups excluding tert-OH is 1. The summed E-state index contributed by atoms with van der Waals surface area (Å²) in [5.41, 5.74) is 2.37. The molecule has 3 aliphatic carbocycles. The smallest absolute Gasteiger partial charge is 0.466 e. The molecule has 1 aromatic rings. The van der Waals surface area contributed by atoms with E-state index in [1.54, 1.807) is 39.8 Å². The van der Waals surface area contributed by atoms with Gasteiger partial charge in [-0.25, -0.2) is 31.1 Å². The number of rotatable bonds is 9. The molecule has 1 aromatic carbocycles. The fourth-order valence-electron chi connectivity index (χ4n) is 7.35. The molecular formula is C43H70BF6NO9. The third-order valence-electron chi connectivity index (χ3n) is 11.3. The molecule has 60 heavy (non-hydrogen) atoms. The average Bonchev–Trinajstić information content (AvgIpc) is 3.88. The van der Waals surface area contributed by atoms with Gasteiger partial charge in [0.05, 0.1) is 25.7 Å². The first kappa shape index (κ1) is 55.1. The minimum atomic E-state index is -2.62. The highest BCUT2D eigenvalue weighted by atomic mass is 19.3. The molecule has 5 aliphatic rings. The molecule has 0 unspecified atom stereocenters. The average molecular weight is 870 g/mol. The summed E-state index contributed by atoms with van der Waals surface area (Å²) >= 11 is 0. The van der Waals surface area contributed by atoms with Crippen LogP contribution in [0.3, 0.4) is 0 Å². The molecule has 10 nitrogen and oxygen atoms in total. The molecule has 346 valence electrons. The second-order valence-corrected chi connectivity index (χ2v) is 16.3. The van der Waals surface area contributed by atoms with Crippen LogP contribution in [0, 0.1) is 30.6 Å². The van der Waals surface area contributed by atoms with Crippen molar-refractivity contribution in [2.75, 3.05) is 33.0 Å². The van der Waals surface area contributed by atoms with E-state index in [1.165, 1.54) is 12.8 Å². The van der Waals surface area contributed by atoms with Crippen LogP contribution >= 0.6 is 0 Å². The van der Waals surface area contributed by atoms with Crippen LogP contribution < -0.4 is 10.8 Å². The van der Waals surface area contributed by atoms with Crippen LogP contribution in [0.5, 0.6) is 0 Å². The first-order chi connectivity index (χ1) is 27.3. The number of alkyl halides is 6. The molecule has 6 rings (SSSR count). The van der Waals surface area contributed by atoms with Gasteiger partial charge in [-0.2, -0.15) is 0 Å². The van der Waals surface area contributed by atoms with Gasteiger partial charge in [-0.05, 0) is 106 Å². The minimum Gasteiger partial charge on any atom is -0.466 e. The maximum atomic E-state index is 13.3. The lowest BCUT2D eigenvalue weighted by molar-refractivity contribution is -0.152. The van der Waals surface area contributed by atoms with Crippen molar-refractivity contribution >= 4 is 30.4 Å². The topological polar surface area (TPSA) is 141 Å². The lowest BCUT2D eigenvalue weighted by Crippen LogP contribution is -2.46. The van der Waals surface area contributed by atoms with Gasteiger partial charge in [-0.15, -0.1) is 0 Å². The Morgan fingerprint density at radius 1 is 0.833 bits per heavy atom. The zero-order valence-electron chi connectivity index (χ0n) is 34.3. The molecule has 17 heteroatoms. The Labute approximate surface area is 353 Å². The number of esters is 2. The summed E-state index contributed by atoms with van der Waals surface area (Å²) in [7, 11) is -1.07. The van der Waals surface area contributed by atoms with Gasteiger partial charge in [0, 0.05) is 63.9 Å². The molecule has 0 aromatic heterocycles. The molecule has 2 aliphatic heterocycles. The summed E-state index contributed by atoms with van der Waals surface area (Å²) in [6, 6.07) is 2.52. The number of benzene rings is 1. The number of halogens is 6. The van der Waals surface area contributed by atoms with Crippen LogP contribution in [0.25, 0.3) is 0 Å². The van der Waals surface area contributed by atoms with Gasteiger partial charge in [0.1, 0.15) is 6.04 Å². The Morgan fingerprint density at radius 2 is 1.33 bits per heavy atom. The van der Waals surface area contributed by atoms with Gasteiger partial charge in [0.2, 0.25) is 17.8 Å². The Bertz CT molecular complexity index is 1430. The van der Waals surface area contributed by atoms with E-state index in [1.807, 2.05) is 0 Å². The van der Waals surface area contributed by atoms with E-state index in [2.05, 4.69) is 5.32 Å². The quantitative estimate of drug-likeness (QED) is 0.127. The standard InChI is InChI=1S/C21H28BF2NO5.C9H14F2O2.C7H12F2O.C4H8O.2CH4/c1-12(2)18(20(27)29-10-14-6-8-21(23,24)9-7-14)25-19(26)16-5-4-15-11-30-22(28)17(15)13(16)3;1-2-13-8(12)7-3-5-9(10,11)6-4-7;8-7(9)3-1-6(5-10)2-4-7;1-2-4-5-3-1;;/h4-5,12,14,18,28H,6-11H2,1-3H3,(H,25,26);7H,2-6H2,1H3;6,10H,1-5H2;1-4H2;2*1H4/t18-;;;;;/m0...../s1. The number of fused-ring (bicyclic) bond motifs is 1. The summed E-state index contributed by atoms with van der Waals surface area (Å²) in [5, 5.41) is 21.3. The predicted octanol–water partition coefficient (Wildman–Crippen LogP) is 8.58. The van der Waals surface area contributed by atoms with E-state index < -0.39 is 42.8 Å². The highest BCUT2D eigenvalue weighted by Gasteiger charge is 2.39.